The number of hydrogen-bond donors (Lipinski definition) is 2. The van der Waals surface area contributed by atoms with Crippen molar-refractivity contribution in [1.29, 1.82) is 0 Å². The van der Waals surface area contributed by atoms with Crippen molar-refractivity contribution in [2.75, 3.05) is 0 Å². The van der Waals surface area contributed by atoms with Gasteiger partial charge in [-0.1, -0.05) is 0 Å². The van der Waals surface area contributed by atoms with Gasteiger partial charge in [0.25, 0.3) is 0 Å². The first-order valence-corrected chi connectivity index (χ1v) is 5.01. The summed E-state index contributed by atoms with van der Waals surface area (Å²) in [5.41, 5.74) is 1.03. The molecule has 1 aromatic heterocycles. The van der Waals surface area contributed by atoms with Crippen molar-refractivity contribution in [3.8, 4) is 22.1 Å². The van der Waals surface area contributed by atoms with Crippen molar-refractivity contribution in [3.63, 3.8) is 0 Å². The number of carbonyl (C=O) groups excluding carboxylic acids is 1. The van der Waals surface area contributed by atoms with Gasteiger partial charge in [-0.15, -0.1) is 11.3 Å². The van der Waals surface area contributed by atoms with E-state index in [-0.39, 0.29) is 11.5 Å². The molecule has 0 amide bonds. The van der Waals surface area contributed by atoms with Crippen molar-refractivity contribution in [1.82, 2.24) is 4.98 Å². The predicted octanol–water partition coefficient (Wildman–Crippen LogP) is 2.03. The molecule has 0 aliphatic carbocycles. The third-order valence-electron chi connectivity index (χ3n) is 1.87. The smallest absolute Gasteiger partial charge is 0.169 e. The summed E-state index contributed by atoms with van der Waals surface area (Å²) in [7, 11) is 0. The molecule has 15 heavy (non-hydrogen) atoms. The summed E-state index contributed by atoms with van der Waals surface area (Å²) < 4.78 is 0. The number of aromatic hydroxyl groups is 2. The van der Waals surface area contributed by atoms with Crippen LogP contribution >= 0.6 is 11.3 Å². The Kier molecular flexibility index (Phi) is 2.39. The highest BCUT2D eigenvalue weighted by atomic mass is 32.1. The SMILES string of the molecule is O=Cc1csc(-c2ccc(O)c(O)c2)n1. The molecule has 2 N–H and O–H groups in total. The summed E-state index contributed by atoms with van der Waals surface area (Å²) >= 11 is 1.31. The Balaban J connectivity index is 2.44. The highest BCUT2D eigenvalue weighted by Gasteiger charge is 2.06. The van der Waals surface area contributed by atoms with E-state index in [1.165, 1.54) is 23.5 Å². The molecule has 0 spiro atoms. The molecular formula is C10H7NO3S. The number of nitrogens with zero attached hydrogens (tertiary/aromatic N) is 1. The van der Waals surface area contributed by atoms with Gasteiger partial charge in [0, 0.05) is 10.9 Å². The van der Waals surface area contributed by atoms with Crippen LogP contribution in [0, 0.1) is 0 Å². The van der Waals surface area contributed by atoms with Gasteiger partial charge in [-0.3, -0.25) is 4.79 Å². The molecule has 0 bridgehead atoms. The molecule has 0 atom stereocenters. The molecule has 0 saturated heterocycles. The first-order valence-electron chi connectivity index (χ1n) is 4.14. The standard InChI is InChI=1S/C10H7NO3S/c12-4-7-5-15-10(11-7)6-1-2-8(13)9(14)3-6/h1-5,13-14H. The summed E-state index contributed by atoms with van der Waals surface area (Å²) in [5, 5.41) is 20.7. The van der Waals surface area contributed by atoms with Crippen LogP contribution in [0.15, 0.2) is 23.6 Å². The van der Waals surface area contributed by atoms with E-state index in [0.29, 0.717) is 22.6 Å². The molecule has 0 aliphatic heterocycles. The van der Waals surface area contributed by atoms with Gasteiger partial charge in [0.2, 0.25) is 0 Å². The first-order chi connectivity index (χ1) is 7.20. The highest BCUT2D eigenvalue weighted by Crippen LogP contribution is 2.31. The predicted molar refractivity (Wildman–Crippen MR) is 56.3 cm³/mol. The maximum Gasteiger partial charge on any atom is 0.169 e. The van der Waals surface area contributed by atoms with Crippen LogP contribution in [0.1, 0.15) is 10.5 Å². The van der Waals surface area contributed by atoms with Crippen LogP contribution in [0.5, 0.6) is 11.5 Å². The van der Waals surface area contributed by atoms with Crippen molar-refractivity contribution >= 4 is 17.6 Å². The number of rotatable bonds is 2. The molecule has 4 nitrogen and oxygen atoms in total. The van der Waals surface area contributed by atoms with E-state index in [4.69, 9.17) is 5.11 Å². The van der Waals surface area contributed by atoms with Crippen LogP contribution in [-0.2, 0) is 0 Å². The molecule has 0 fully saturated rings. The van der Waals surface area contributed by atoms with Gasteiger partial charge in [0.15, 0.2) is 17.8 Å². The number of hydrogen-bond acceptors (Lipinski definition) is 5. The minimum absolute atomic E-state index is 0.175. The fraction of sp³-hybridized carbons (Fsp3) is 0. The molecule has 0 radical (unpaired) electrons. The Hall–Kier alpha value is -1.88. The maximum atomic E-state index is 10.4. The monoisotopic (exact) mass is 221 g/mol. The Morgan fingerprint density at radius 3 is 2.67 bits per heavy atom. The van der Waals surface area contributed by atoms with Gasteiger partial charge in [-0.05, 0) is 18.2 Å². The number of carbonyl (C=O) groups is 1. The van der Waals surface area contributed by atoms with E-state index in [2.05, 4.69) is 4.98 Å². The lowest BCUT2D eigenvalue weighted by Crippen LogP contribution is -1.80. The topological polar surface area (TPSA) is 70.4 Å². The van der Waals surface area contributed by atoms with Crippen molar-refractivity contribution < 1.29 is 15.0 Å². The van der Waals surface area contributed by atoms with Crippen LogP contribution in [0.3, 0.4) is 0 Å². The number of aromatic nitrogens is 1. The number of phenols is 2. The molecule has 76 valence electrons. The summed E-state index contributed by atoms with van der Waals surface area (Å²) in [6.45, 7) is 0. The van der Waals surface area contributed by atoms with E-state index in [9.17, 15) is 9.90 Å². The second-order valence-electron chi connectivity index (χ2n) is 2.90. The third kappa shape index (κ3) is 1.82. The van der Waals surface area contributed by atoms with Crippen LogP contribution in [-0.4, -0.2) is 21.5 Å². The zero-order chi connectivity index (χ0) is 10.8. The first kappa shape index (κ1) is 9.67. The van der Waals surface area contributed by atoms with E-state index >= 15 is 0 Å². The van der Waals surface area contributed by atoms with E-state index in [0.717, 1.165) is 0 Å². The summed E-state index contributed by atoms with van der Waals surface area (Å²) in [4.78, 5) is 14.5. The second kappa shape index (κ2) is 3.70. The number of benzene rings is 1. The van der Waals surface area contributed by atoms with Crippen LogP contribution in [0.2, 0.25) is 0 Å². The summed E-state index contributed by atoms with van der Waals surface area (Å²) in [6, 6.07) is 4.41. The lowest BCUT2D eigenvalue weighted by atomic mass is 10.2. The van der Waals surface area contributed by atoms with E-state index in [1.54, 1.807) is 11.4 Å². The molecule has 1 aromatic carbocycles. The minimum atomic E-state index is -0.199. The molecule has 5 heteroatoms. The number of aldehydes is 1. The normalized spacial score (nSPS) is 10.1. The van der Waals surface area contributed by atoms with Crippen LogP contribution in [0.25, 0.3) is 10.6 Å². The zero-order valence-electron chi connectivity index (χ0n) is 7.54. The summed E-state index contributed by atoms with van der Waals surface area (Å²) in [6.07, 6.45) is 0.667. The fourth-order valence-electron chi connectivity index (χ4n) is 1.13. The molecule has 0 saturated carbocycles. The third-order valence-corrected chi connectivity index (χ3v) is 2.77. The molecule has 0 aliphatic rings. The average Bonchev–Trinajstić information content (AvgIpc) is 2.70. The quantitative estimate of drug-likeness (QED) is 0.601. The van der Waals surface area contributed by atoms with Gasteiger partial charge >= 0.3 is 0 Å². The molecule has 0 unspecified atom stereocenters. The zero-order valence-corrected chi connectivity index (χ0v) is 8.36. The lowest BCUT2D eigenvalue weighted by Gasteiger charge is -1.99. The Morgan fingerprint density at radius 2 is 2.07 bits per heavy atom. The molecular weight excluding hydrogens is 214 g/mol. The van der Waals surface area contributed by atoms with Gasteiger partial charge in [-0.2, -0.15) is 0 Å². The van der Waals surface area contributed by atoms with Gasteiger partial charge < -0.3 is 10.2 Å². The van der Waals surface area contributed by atoms with E-state index in [1.807, 2.05) is 0 Å². The highest BCUT2D eigenvalue weighted by molar-refractivity contribution is 7.13. The van der Waals surface area contributed by atoms with Gasteiger partial charge in [-0.25, -0.2) is 4.98 Å². The van der Waals surface area contributed by atoms with Crippen molar-refractivity contribution in [2.24, 2.45) is 0 Å². The Morgan fingerprint density at radius 1 is 1.27 bits per heavy atom. The fourth-order valence-corrected chi connectivity index (χ4v) is 1.89. The largest absolute Gasteiger partial charge is 0.504 e. The van der Waals surface area contributed by atoms with E-state index < -0.39 is 0 Å². The lowest BCUT2D eigenvalue weighted by molar-refractivity contribution is 0.111. The van der Waals surface area contributed by atoms with Crippen LogP contribution in [0.4, 0.5) is 0 Å². The maximum absolute atomic E-state index is 10.4. The van der Waals surface area contributed by atoms with Gasteiger partial charge in [0.05, 0.1) is 0 Å². The minimum Gasteiger partial charge on any atom is -0.504 e. The number of thiazole rings is 1. The second-order valence-corrected chi connectivity index (χ2v) is 3.76. The molecule has 1 heterocycles. The molecule has 2 aromatic rings. The molecule has 2 rings (SSSR count). The van der Waals surface area contributed by atoms with Crippen molar-refractivity contribution in [3.05, 3.63) is 29.3 Å². The summed E-state index contributed by atoms with van der Waals surface area (Å²) in [5.74, 6) is -0.374. The number of phenolic OH excluding ortho intramolecular Hbond substituents is 2. The van der Waals surface area contributed by atoms with Crippen LogP contribution < -0.4 is 0 Å². The average molecular weight is 221 g/mol. The van der Waals surface area contributed by atoms with Gasteiger partial charge in [0.1, 0.15) is 10.7 Å². The van der Waals surface area contributed by atoms with Crippen molar-refractivity contribution in [2.45, 2.75) is 0 Å². The Labute approximate surface area is 89.5 Å². The Bertz CT molecular complexity index is 507.